The zero-order valence-electron chi connectivity index (χ0n) is 17.8. The molecule has 4 rings (SSSR count). The quantitative estimate of drug-likeness (QED) is 0.336. The number of carbonyl (C=O) groups is 1. The SMILES string of the molecule is Cc1ccc(C)c(C(=O)C=C(c2cccs2)C2CCN(Cc3ccccc3)CC2)c1. The lowest BCUT2D eigenvalue weighted by Crippen LogP contribution is -2.33. The van der Waals surface area contributed by atoms with Gasteiger partial charge in [0.25, 0.3) is 0 Å². The summed E-state index contributed by atoms with van der Waals surface area (Å²) in [7, 11) is 0. The number of carbonyl (C=O) groups excluding carboxylic acids is 1. The lowest BCUT2D eigenvalue weighted by atomic mass is 9.86. The Kier molecular flexibility index (Phi) is 6.61. The summed E-state index contributed by atoms with van der Waals surface area (Å²) in [6.45, 7) is 7.21. The van der Waals surface area contributed by atoms with Gasteiger partial charge >= 0.3 is 0 Å². The molecule has 0 unspecified atom stereocenters. The molecular formula is C27H29NOS. The van der Waals surface area contributed by atoms with Gasteiger partial charge in [-0.25, -0.2) is 0 Å². The van der Waals surface area contributed by atoms with Gasteiger partial charge in [-0.15, -0.1) is 11.3 Å². The van der Waals surface area contributed by atoms with Crippen LogP contribution in [0.3, 0.4) is 0 Å². The van der Waals surface area contributed by atoms with Crippen LogP contribution in [0.15, 0.2) is 72.1 Å². The molecule has 1 saturated heterocycles. The Morgan fingerprint density at radius 1 is 1.03 bits per heavy atom. The van der Waals surface area contributed by atoms with Crippen LogP contribution in [0.25, 0.3) is 5.57 Å². The maximum Gasteiger partial charge on any atom is 0.186 e. The minimum absolute atomic E-state index is 0.131. The number of hydrogen-bond acceptors (Lipinski definition) is 3. The van der Waals surface area contributed by atoms with E-state index in [-0.39, 0.29) is 5.78 Å². The zero-order valence-corrected chi connectivity index (χ0v) is 18.6. The van der Waals surface area contributed by atoms with E-state index in [0.717, 1.165) is 49.2 Å². The molecule has 0 N–H and O–H groups in total. The summed E-state index contributed by atoms with van der Waals surface area (Å²) in [5.74, 6) is 0.566. The minimum atomic E-state index is 0.131. The highest BCUT2D eigenvalue weighted by atomic mass is 32.1. The summed E-state index contributed by atoms with van der Waals surface area (Å²) in [6, 6.07) is 21.1. The fraction of sp³-hybridized carbons (Fsp3) is 0.296. The number of thiophene rings is 1. The lowest BCUT2D eigenvalue weighted by molar-refractivity contribution is 0.104. The topological polar surface area (TPSA) is 20.3 Å². The summed E-state index contributed by atoms with van der Waals surface area (Å²) in [5, 5.41) is 2.11. The van der Waals surface area contributed by atoms with Crippen molar-refractivity contribution >= 4 is 22.7 Å². The zero-order chi connectivity index (χ0) is 20.9. The van der Waals surface area contributed by atoms with Crippen LogP contribution in [0.2, 0.25) is 0 Å². The van der Waals surface area contributed by atoms with Gasteiger partial charge in [-0.1, -0.05) is 54.1 Å². The van der Waals surface area contributed by atoms with Crippen molar-refractivity contribution in [3.05, 3.63) is 99.3 Å². The highest BCUT2D eigenvalue weighted by Gasteiger charge is 2.25. The molecule has 2 aromatic carbocycles. The number of hydrogen-bond donors (Lipinski definition) is 0. The number of piperidine rings is 1. The first-order valence-electron chi connectivity index (χ1n) is 10.7. The maximum atomic E-state index is 13.2. The van der Waals surface area contributed by atoms with E-state index in [4.69, 9.17) is 0 Å². The molecule has 2 nitrogen and oxygen atoms in total. The second-order valence-electron chi connectivity index (χ2n) is 8.30. The number of ketones is 1. The summed E-state index contributed by atoms with van der Waals surface area (Å²) >= 11 is 1.74. The van der Waals surface area contributed by atoms with Gasteiger partial charge in [0.15, 0.2) is 5.78 Å². The van der Waals surface area contributed by atoms with Gasteiger partial charge in [-0.3, -0.25) is 9.69 Å². The van der Waals surface area contributed by atoms with Crippen molar-refractivity contribution in [1.29, 1.82) is 0 Å². The Labute approximate surface area is 183 Å². The van der Waals surface area contributed by atoms with Crippen LogP contribution in [0.4, 0.5) is 0 Å². The summed E-state index contributed by atoms with van der Waals surface area (Å²) in [4.78, 5) is 17.0. The third kappa shape index (κ3) is 4.97. The number of aryl methyl sites for hydroxylation is 2. The van der Waals surface area contributed by atoms with Crippen molar-refractivity contribution in [2.24, 2.45) is 5.92 Å². The van der Waals surface area contributed by atoms with Crippen molar-refractivity contribution in [2.45, 2.75) is 33.2 Å². The van der Waals surface area contributed by atoms with Gasteiger partial charge in [0, 0.05) is 17.0 Å². The second kappa shape index (κ2) is 9.55. The average molecular weight is 416 g/mol. The highest BCUT2D eigenvalue weighted by molar-refractivity contribution is 7.11. The van der Waals surface area contributed by atoms with E-state index < -0.39 is 0 Å². The molecule has 0 radical (unpaired) electrons. The largest absolute Gasteiger partial charge is 0.299 e. The molecule has 0 spiro atoms. The standard InChI is InChI=1S/C27H29NOS/c1-20-10-11-21(2)24(17-20)26(29)18-25(27-9-6-16-30-27)23-12-14-28(15-13-23)19-22-7-4-3-5-8-22/h3-11,16-18,23H,12-15,19H2,1-2H3. The molecule has 154 valence electrons. The van der Waals surface area contributed by atoms with Crippen molar-refractivity contribution in [2.75, 3.05) is 13.1 Å². The molecule has 1 aromatic heterocycles. The van der Waals surface area contributed by atoms with Crippen molar-refractivity contribution < 1.29 is 4.79 Å². The molecule has 0 atom stereocenters. The summed E-state index contributed by atoms with van der Waals surface area (Å²) in [5.41, 5.74) is 5.59. The van der Waals surface area contributed by atoms with E-state index in [2.05, 4.69) is 58.8 Å². The van der Waals surface area contributed by atoms with Crippen LogP contribution in [0, 0.1) is 19.8 Å². The molecular weight excluding hydrogens is 386 g/mol. The maximum absolute atomic E-state index is 13.2. The van der Waals surface area contributed by atoms with E-state index in [9.17, 15) is 4.79 Å². The predicted octanol–water partition coefficient (Wildman–Crippen LogP) is 6.54. The first kappa shape index (κ1) is 20.8. The third-order valence-electron chi connectivity index (χ3n) is 6.03. The molecule has 3 aromatic rings. The van der Waals surface area contributed by atoms with Crippen molar-refractivity contribution in [1.82, 2.24) is 4.90 Å². The predicted molar refractivity (Wildman–Crippen MR) is 127 cm³/mol. The van der Waals surface area contributed by atoms with Crippen molar-refractivity contribution in [3.63, 3.8) is 0 Å². The van der Waals surface area contributed by atoms with Crippen LogP contribution >= 0.6 is 11.3 Å². The number of likely N-dealkylation sites (tertiary alicyclic amines) is 1. The molecule has 3 heteroatoms. The number of nitrogens with zero attached hydrogens (tertiary/aromatic N) is 1. The van der Waals surface area contributed by atoms with E-state index >= 15 is 0 Å². The molecule has 0 aliphatic carbocycles. The molecule has 30 heavy (non-hydrogen) atoms. The number of benzene rings is 2. The monoisotopic (exact) mass is 415 g/mol. The molecule has 1 fully saturated rings. The summed E-state index contributed by atoms with van der Waals surface area (Å²) in [6.07, 6.45) is 4.11. The van der Waals surface area contributed by atoms with E-state index in [0.29, 0.717) is 5.92 Å². The first-order chi connectivity index (χ1) is 14.6. The minimum Gasteiger partial charge on any atom is -0.299 e. The van der Waals surface area contributed by atoms with Crippen LogP contribution < -0.4 is 0 Å². The van der Waals surface area contributed by atoms with Gasteiger partial charge in [-0.2, -0.15) is 0 Å². The lowest BCUT2D eigenvalue weighted by Gasteiger charge is -2.33. The van der Waals surface area contributed by atoms with Crippen molar-refractivity contribution in [3.8, 4) is 0 Å². The van der Waals surface area contributed by atoms with Gasteiger partial charge in [0.2, 0.25) is 0 Å². The Morgan fingerprint density at radius 3 is 2.50 bits per heavy atom. The Morgan fingerprint density at radius 2 is 1.80 bits per heavy atom. The fourth-order valence-electron chi connectivity index (χ4n) is 4.30. The van der Waals surface area contributed by atoms with Crippen LogP contribution in [0.1, 0.15) is 44.8 Å². The fourth-order valence-corrected chi connectivity index (χ4v) is 5.12. The van der Waals surface area contributed by atoms with Gasteiger partial charge in [-0.05, 0) is 86.0 Å². The third-order valence-corrected chi connectivity index (χ3v) is 6.95. The normalized spacial score (nSPS) is 16.0. The molecule has 0 amide bonds. The highest BCUT2D eigenvalue weighted by Crippen LogP contribution is 2.35. The number of rotatable bonds is 6. The smallest absolute Gasteiger partial charge is 0.186 e. The average Bonchev–Trinajstić information content (AvgIpc) is 3.30. The Bertz CT molecular complexity index is 1010. The molecule has 1 aliphatic rings. The van der Waals surface area contributed by atoms with Crippen LogP contribution in [-0.4, -0.2) is 23.8 Å². The summed E-state index contributed by atoms with van der Waals surface area (Å²) < 4.78 is 0. The Hall–Kier alpha value is -2.49. The van der Waals surface area contributed by atoms with Crippen LogP contribution in [-0.2, 0) is 6.54 Å². The van der Waals surface area contributed by atoms with Gasteiger partial charge in [0.1, 0.15) is 0 Å². The number of allylic oxidation sites excluding steroid dienone is 2. The van der Waals surface area contributed by atoms with E-state index in [1.165, 1.54) is 16.0 Å². The Balaban J connectivity index is 1.52. The molecule has 0 bridgehead atoms. The molecule has 1 aliphatic heterocycles. The molecule has 2 heterocycles. The van der Waals surface area contributed by atoms with Crippen LogP contribution in [0.5, 0.6) is 0 Å². The van der Waals surface area contributed by atoms with E-state index in [1.807, 2.05) is 32.1 Å². The second-order valence-corrected chi connectivity index (χ2v) is 9.24. The van der Waals surface area contributed by atoms with E-state index in [1.54, 1.807) is 11.3 Å². The first-order valence-corrected chi connectivity index (χ1v) is 11.6. The van der Waals surface area contributed by atoms with Gasteiger partial charge < -0.3 is 0 Å². The van der Waals surface area contributed by atoms with Gasteiger partial charge in [0.05, 0.1) is 0 Å². The molecule has 0 saturated carbocycles.